The number of sulfonamides is 1. The highest BCUT2D eigenvalue weighted by atomic mass is 35.5. The van der Waals surface area contributed by atoms with Gasteiger partial charge < -0.3 is 14.2 Å². The van der Waals surface area contributed by atoms with Crippen molar-refractivity contribution < 1.29 is 32.6 Å². The second-order valence-corrected chi connectivity index (χ2v) is 9.01. The average molecular weight is 471 g/mol. The van der Waals surface area contributed by atoms with Crippen LogP contribution in [0.1, 0.15) is 19.8 Å². The van der Waals surface area contributed by atoms with E-state index in [4.69, 9.17) is 31.0 Å². The summed E-state index contributed by atoms with van der Waals surface area (Å²) >= 11 is 5.84. The summed E-state index contributed by atoms with van der Waals surface area (Å²) in [7, 11) is -4.11. The molecule has 2 aromatic carbocycles. The minimum Gasteiger partial charge on any atom is -0.457 e. The lowest BCUT2D eigenvalue weighted by Gasteiger charge is -2.38. The van der Waals surface area contributed by atoms with Crippen LogP contribution >= 0.6 is 11.6 Å². The van der Waals surface area contributed by atoms with E-state index in [1.807, 2.05) is 0 Å². The van der Waals surface area contributed by atoms with Gasteiger partial charge >= 0.3 is 0 Å². The molecule has 2 atom stereocenters. The molecule has 2 unspecified atom stereocenters. The van der Waals surface area contributed by atoms with Crippen molar-refractivity contribution in [2.24, 2.45) is 0 Å². The monoisotopic (exact) mass is 470 g/mol. The predicted octanol–water partition coefficient (Wildman–Crippen LogP) is 2.83. The van der Waals surface area contributed by atoms with Gasteiger partial charge in [0.25, 0.3) is 5.91 Å². The molecule has 9 nitrogen and oxygen atoms in total. The van der Waals surface area contributed by atoms with Crippen molar-refractivity contribution in [3.05, 3.63) is 53.6 Å². The first kappa shape index (κ1) is 23.5. The molecule has 0 bridgehead atoms. The van der Waals surface area contributed by atoms with Gasteiger partial charge in [-0.25, -0.2) is 13.9 Å². The molecule has 1 saturated heterocycles. The van der Waals surface area contributed by atoms with Gasteiger partial charge in [-0.1, -0.05) is 11.6 Å². The van der Waals surface area contributed by atoms with Crippen LogP contribution in [0.5, 0.6) is 11.5 Å². The van der Waals surface area contributed by atoms with E-state index < -0.39 is 27.8 Å². The van der Waals surface area contributed by atoms with Crippen LogP contribution < -0.4 is 14.9 Å². The number of benzene rings is 2. The molecule has 1 aliphatic heterocycles. The number of hydrogen-bond donors (Lipinski definition) is 3. The second kappa shape index (κ2) is 9.94. The summed E-state index contributed by atoms with van der Waals surface area (Å²) in [6, 6.07) is 12.4. The third kappa shape index (κ3) is 5.73. The number of ether oxygens (including phenoxy) is 3. The van der Waals surface area contributed by atoms with Crippen molar-refractivity contribution in [2.75, 3.05) is 13.2 Å². The lowest BCUT2D eigenvalue weighted by molar-refractivity contribution is -0.185. The molecule has 1 aliphatic rings. The lowest BCUT2D eigenvalue weighted by Crippen LogP contribution is -2.63. The van der Waals surface area contributed by atoms with E-state index in [2.05, 4.69) is 4.72 Å². The van der Waals surface area contributed by atoms with Crippen LogP contribution in [0.2, 0.25) is 5.02 Å². The predicted molar refractivity (Wildman–Crippen MR) is 112 cm³/mol. The molecule has 1 amide bonds. The van der Waals surface area contributed by atoms with E-state index in [1.54, 1.807) is 31.2 Å². The molecule has 3 N–H and O–H groups in total. The van der Waals surface area contributed by atoms with E-state index in [1.165, 1.54) is 29.7 Å². The highest BCUT2D eigenvalue weighted by Gasteiger charge is 2.46. The Morgan fingerprint density at radius 3 is 2.32 bits per heavy atom. The lowest BCUT2D eigenvalue weighted by atomic mass is 9.92. The zero-order valence-electron chi connectivity index (χ0n) is 16.7. The molecule has 1 fully saturated rings. The Hall–Kier alpha value is -2.21. The Morgan fingerprint density at radius 2 is 1.81 bits per heavy atom. The number of amides is 1. The van der Waals surface area contributed by atoms with Gasteiger partial charge in [0.1, 0.15) is 17.0 Å². The molecule has 3 rings (SSSR count). The van der Waals surface area contributed by atoms with Gasteiger partial charge in [0.05, 0.1) is 11.5 Å². The molecular formula is C20H23ClN2O7S. The average Bonchev–Trinajstić information content (AvgIpc) is 2.76. The minimum atomic E-state index is -4.11. The summed E-state index contributed by atoms with van der Waals surface area (Å²) < 4.78 is 44.7. The van der Waals surface area contributed by atoms with Crippen molar-refractivity contribution in [3.8, 4) is 11.5 Å². The highest BCUT2D eigenvalue weighted by molar-refractivity contribution is 7.89. The first-order valence-corrected chi connectivity index (χ1v) is 11.4. The molecule has 168 valence electrons. The number of rotatable bonds is 8. The van der Waals surface area contributed by atoms with E-state index in [0.29, 0.717) is 23.1 Å². The smallest absolute Gasteiger partial charge is 0.267 e. The SMILES string of the molecule is CCOC1CCC(NS(=O)(=O)c2ccc(Oc3ccc(Cl)cc3)cc2)(C(=O)NO)CO1. The molecule has 0 saturated carbocycles. The molecule has 1 heterocycles. The van der Waals surface area contributed by atoms with Gasteiger partial charge in [-0.15, -0.1) is 0 Å². The van der Waals surface area contributed by atoms with Crippen LogP contribution in [0.15, 0.2) is 53.4 Å². The van der Waals surface area contributed by atoms with Crippen LogP contribution in [-0.4, -0.2) is 44.6 Å². The summed E-state index contributed by atoms with van der Waals surface area (Å²) in [6.07, 6.45) is -0.183. The fourth-order valence-electron chi connectivity index (χ4n) is 3.13. The van der Waals surface area contributed by atoms with E-state index >= 15 is 0 Å². The molecule has 0 spiro atoms. The van der Waals surface area contributed by atoms with E-state index in [-0.39, 0.29) is 24.3 Å². The van der Waals surface area contributed by atoms with Crippen molar-refractivity contribution in [2.45, 2.75) is 36.5 Å². The summed E-state index contributed by atoms with van der Waals surface area (Å²) in [6.45, 7) is 1.93. The number of halogens is 1. The quantitative estimate of drug-likeness (QED) is 0.400. The molecular weight excluding hydrogens is 448 g/mol. The third-order valence-electron chi connectivity index (χ3n) is 4.72. The summed E-state index contributed by atoms with van der Waals surface area (Å²) in [5.74, 6) is 0.0540. The summed E-state index contributed by atoms with van der Waals surface area (Å²) in [5, 5.41) is 9.71. The van der Waals surface area contributed by atoms with Crippen molar-refractivity contribution >= 4 is 27.5 Å². The van der Waals surface area contributed by atoms with Crippen LogP contribution in [0.4, 0.5) is 0 Å². The van der Waals surface area contributed by atoms with Crippen LogP contribution in [-0.2, 0) is 24.3 Å². The Balaban J connectivity index is 1.74. The molecule has 0 aromatic heterocycles. The summed E-state index contributed by atoms with van der Waals surface area (Å²) in [4.78, 5) is 12.2. The normalized spacial score (nSPS) is 21.5. The van der Waals surface area contributed by atoms with Gasteiger partial charge in [0.15, 0.2) is 6.29 Å². The molecule has 0 radical (unpaired) electrons. The van der Waals surface area contributed by atoms with Crippen LogP contribution in [0.3, 0.4) is 0 Å². The maximum Gasteiger partial charge on any atom is 0.267 e. The van der Waals surface area contributed by atoms with Crippen molar-refractivity contribution in [3.63, 3.8) is 0 Å². The Kier molecular flexibility index (Phi) is 7.52. The molecule has 31 heavy (non-hydrogen) atoms. The van der Waals surface area contributed by atoms with Gasteiger partial charge in [-0.05, 0) is 61.9 Å². The number of nitrogens with one attached hydrogen (secondary N) is 2. The zero-order valence-corrected chi connectivity index (χ0v) is 18.3. The maximum atomic E-state index is 12.9. The Morgan fingerprint density at radius 1 is 1.19 bits per heavy atom. The van der Waals surface area contributed by atoms with Gasteiger partial charge in [-0.3, -0.25) is 10.0 Å². The molecule has 0 aliphatic carbocycles. The first-order chi connectivity index (χ1) is 14.8. The molecule has 2 aromatic rings. The van der Waals surface area contributed by atoms with Gasteiger partial charge in [-0.2, -0.15) is 4.72 Å². The number of carbonyl (C=O) groups is 1. The zero-order chi connectivity index (χ0) is 22.5. The number of hydroxylamine groups is 1. The highest BCUT2D eigenvalue weighted by Crippen LogP contribution is 2.28. The van der Waals surface area contributed by atoms with Gasteiger partial charge in [0.2, 0.25) is 10.0 Å². The largest absolute Gasteiger partial charge is 0.457 e. The first-order valence-electron chi connectivity index (χ1n) is 9.53. The van der Waals surface area contributed by atoms with Crippen molar-refractivity contribution in [1.29, 1.82) is 0 Å². The molecule has 11 heteroatoms. The fourth-order valence-corrected chi connectivity index (χ4v) is 4.63. The maximum absolute atomic E-state index is 12.9. The minimum absolute atomic E-state index is 0.0759. The topological polar surface area (TPSA) is 123 Å². The Labute approximate surface area is 185 Å². The fraction of sp³-hybridized carbons (Fsp3) is 0.350. The second-order valence-electron chi connectivity index (χ2n) is 6.89. The van der Waals surface area contributed by atoms with Crippen LogP contribution in [0, 0.1) is 0 Å². The van der Waals surface area contributed by atoms with Crippen molar-refractivity contribution in [1.82, 2.24) is 10.2 Å². The third-order valence-corrected chi connectivity index (χ3v) is 6.53. The number of hydrogen-bond acceptors (Lipinski definition) is 7. The van der Waals surface area contributed by atoms with E-state index in [9.17, 15) is 13.2 Å². The van der Waals surface area contributed by atoms with Gasteiger partial charge in [0, 0.05) is 18.1 Å². The Bertz CT molecular complexity index is 989. The standard InChI is InChI=1S/C20H23ClN2O7S/c1-2-28-18-11-12-20(13-29-18,19(24)22-25)23-31(26,27)17-9-7-16(8-10-17)30-15-5-3-14(21)4-6-15/h3-10,18,23,25H,2,11-13H2,1H3,(H,22,24). The summed E-state index contributed by atoms with van der Waals surface area (Å²) in [5.41, 5.74) is -0.146. The van der Waals surface area contributed by atoms with E-state index in [0.717, 1.165) is 0 Å². The van der Waals surface area contributed by atoms with Crippen LogP contribution in [0.25, 0.3) is 0 Å². The number of carbonyl (C=O) groups excluding carboxylic acids is 1.